The summed E-state index contributed by atoms with van der Waals surface area (Å²) in [6, 6.07) is 2.75. The van der Waals surface area contributed by atoms with Gasteiger partial charge in [0.2, 0.25) is 0 Å². The summed E-state index contributed by atoms with van der Waals surface area (Å²) < 4.78 is 37.6. The molecule has 1 fully saturated rings. The van der Waals surface area contributed by atoms with Gasteiger partial charge in [-0.2, -0.15) is 13.2 Å². The number of alkyl halides is 3. The molecule has 1 aromatic heterocycles. The van der Waals surface area contributed by atoms with Crippen LogP contribution >= 0.6 is 0 Å². The molecule has 118 valence electrons. The highest BCUT2D eigenvalue weighted by Crippen LogP contribution is 2.29. The summed E-state index contributed by atoms with van der Waals surface area (Å²) in [6.07, 6.45) is 1.97. The van der Waals surface area contributed by atoms with Crippen molar-refractivity contribution >= 4 is 5.82 Å². The number of halogens is 3. The van der Waals surface area contributed by atoms with Crippen molar-refractivity contribution in [2.75, 3.05) is 18.0 Å². The van der Waals surface area contributed by atoms with Gasteiger partial charge in [0.25, 0.3) is 0 Å². The highest BCUT2D eigenvalue weighted by atomic mass is 19.4. The Kier molecular flexibility index (Phi) is 5.39. The quantitative estimate of drug-likeness (QED) is 0.908. The van der Waals surface area contributed by atoms with Gasteiger partial charge in [0.05, 0.1) is 0 Å². The fourth-order valence-corrected chi connectivity index (χ4v) is 2.77. The van der Waals surface area contributed by atoms with E-state index in [4.69, 9.17) is 5.73 Å². The van der Waals surface area contributed by atoms with Crippen LogP contribution in [0, 0.1) is 0 Å². The largest absolute Gasteiger partial charge is 0.435 e. The van der Waals surface area contributed by atoms with E-state index in [0.29, 0.717) is 24.9 Å². The minimum Gasteiger partial charge on any atom is -0.352 e. The van der Waals surface area contributed by atoms with Crippen molar-refractivity contribution in [1.29, 1.82) is 0 Å². The number of aromatic nitrogens is 2. The van der Waals surface area contributed by atoms with E-state index in [1.807, 2.05) is 0 Å². The monoisotopic (exact) mass is 302 g/mol. The predicted octanol–water partition coefficient (Wildman–Crippen LogP) is 2.98. The topological polar surface area (TPSA) is 55.0 Å². The molecule has 0 aromatic carbocycles. The Bertz CT molecular complexity index is 427. The maximum absolute atomic E-state index is 12.5. The van der Waals surface area contributed by atoms with Crippen LogP contribution in [-0.4, -0.2) is 29.3 Å². The first-order valence-electron chi connectivity index (χ1n) is 7.40. The zero-order valence-electron chi connectivity index (χ0n) is 11.9. The average molecular weight is 302 g/mol. The van der Waals surface area contributed by atoms with Gasteiger partial charge in [0, 0.05) is 12.6 Å². The summed E-state index contributed by atoms with van der Waals surface area (Å²) in [5, 5.41) is 7.11. The van der Waals surface area contributed by atoms with Gasteiger partial charge in [-0.15, -0.1) is 10.2 Å². The first kappa shape index (κ1) is 16.0. The van der Waals surface area contributed by atoms with Crippen molar-refractivity contribution in [1.82, 2.24) is 10.2 Å². The van der Waals surface area contributed by atoms with Crippen molar-refractivity contribution in [3.63, 3.8) is 0 Å². The third kappa shape index (κ3) is 4.30. The molecule has 1 aromatic rings. The van der Waals surface area contributed by atoms with Crippen molar-refractivity contribution < 1.29 is 13.2 Å². The number of hydrogen-bond acceptors (Lipinski definition) is 4. The zero-order valence-corrected chi connectivity index (χ0v) is 11.9. The number of nitrogens with two attached hydrogens (primary N) is 1. The van der Waals surface area contributed by atoms with Crippen LogP contribution in [0.2, 0.25) is 0 Å². The first-order chi connectivity index (χ1) is 10.0. The van der Waals surface area contributed by atoms with Crippen LogP contribution in [0.15, 0.2) is 12.1 Å². The Labute approximate surface area is 122 Å². The zero-order chi connectivity index (χ0) is 15.3. The fraction of sp³-hybridized carbons (Fsp3) is 0.714. The van der Waals surface area contributed by atoms with Crippen LogP contribution in [0.4, 0.5) is 19.0 Å². The minimum absolute atomic E-state index is 0.330. The molecule has 0 bridgehead atoms. The molecule has 1 saturated carbocycles. The molecule has 1 heterocycles. The second kappa shape index (κ2) is 7.06. The lowest BCUT2D eigenvalue weighted by Gasteiger charge is -2.35. The molecule has 21 heavy (non-hydrogen) atoms. The van der Waals surface area contributed by atoms with Crippen molar-refractivity contribution in [2.45, 2.75) is 50.7 Å². The Morgan fingerprint density at radius 1 is 1.14 bits per heavy atom. The molecular formula is C14H21F3N4. The maximum atomic E-state index is 12.5. The second-order valence-electron chi connectivity index (χ2n) is 5.40. The van der Waals surface area contributed by atoms with E-state index in [2.05, 4.69) is 15.1 Å². The lowest BCUT2D eigenvalue weighted by molar-refractivity contribution is -0.141. The van der Waals surface area contributed by atoms with E-state index in [-0.39, 0.29) is 0 Å². The molecule has 0 radical (unpaired) electrons. The van der Waals surface area contributed by atoms with Crippen molar-refractivity contribution in [2.24, 2.45) is 5.73 Å². The van der Waals surface area contributed by atoms with Crippen LogP contribution < -0.4 is 10.6 Å². The highest BCUT2D eigenvalue weighted by Gasteiger charge is 2.33. The smallest absolute Gasteiger partial charge is 0.352 e. The molecule has 0 spiro atoms. The molecule has 1 aliphatic rings. The minimum atomic E-state index is -4.45. The molecule has 0 unspecified atom stereocenters. The molecule has 0 amide bonds. The van der Waals surface area contributed by atoms with Gasteiger partial charge in [-0.05, 0) is 37.9 Å². The predicted molar refractivity (Wildman–Crippen MR) is 74.9 cm³/mol. The van der Waals surface area contributed by atoms with E-state index >= 15 is 0 Å². The Morgan fingerprint density at radius 2 is 1.86 bits per heavy atom. The molecule has 2 N–H and O–H groups in total. The van der Waals surface area contributed by atoms with E-state index < -0.39 is 11.9 Å². The Hall–Kier alpha value is -1.37. The summed E-state index contributed by atoms with van der Waals surface area (Å²) in [5.41, 5.74) is 4.60. The standard InChI is InChI=1S/C14H21F3N4/c15-14(16,17)12-7-8-13(20-19-12)21(10-4-9-18)11-5-2-1-3-6-11/h7-8,11H,1-6,9-10,18H2. The molecule has 0 atom stereocenters. The van der Waals surface area contributed by atoms with Crippen LogP contribution in [0.5, 0.6) is 0 Å². The van der Waals surface area contributed by atoms with Gasteiger partial charge < -0.3 is 10.6 Å². The summed E-state index contributed by atoms with van der Waals surface area (Å²) in [6.45, 7) is 1.26. The number of nitrogens with zero attached hydrogens (tertiary/aromatic N) is 3. The van der Waals surface area contributed by atoms with Gasteiger partial charge in [0.15, 0.2) is 11.5 Å². The van der Waals surface area contributed by atoms with Crippen molar-refractivity contribution in [3.05, 3.63) is 17.8 Å². The lowest BCUT2D eigenvalue weighted by atomic mass is 9.94. The van der Waals surface area contributed by atoms with Crippen molar-refractivity contribution in [3.8, 4) is 0 Å². The molecule has 7 heteroatoms. The summed E-state index contributed by atoms with van der Waals surface area (Å²) in [4.78, 5) is 2.07. The SMILES string of the molecule is NCCCN(c1ccc(C(F)(F)F)nn1)C1CCCCC1. The summed E-state index contributed by atoms with van der Waals surface area (Å²) in [5.74, 6) is 0.517. The van der Waals surface area contributed by atoms with Crippen LogP contribution in [0.3, 0.4) is 0 Å². The molecule has 2 rings (SSSR count). The highest BCUT2D eigenvalue weighted by molar-refractivity contribution is 5.39. The van der Waals surface area contributed by atoms with Gasteiger partial charge in [-0.3, -0.25) is 0 Å². The van der Waals surface area contributed by atoms with E-state index in [1.54, 1.807) is 0 Å². The fourth-order valence-electron chi connectivity index (χ4n) is 2.77. The van der Waals surface area contributed by atoms with Gasteiger partial charge in [-0.1, -0.05) is 19.3 Å². The lowest BCUT2D eigenvalue weighted by Crippen LogP contribution is -2.39. The van der Waals surface area contributed by atoms with Gasteiger partial charge >= 0.3 is 6.18 Å². The van der Waals surface area contributed by atoms with Crippen LogP contribution in [0.1, 0.15) is 44.2 Å². The van der Waals surface area contributed by atoms with E-state index in [9.17, 15) is 13.2 Å². The van der Waals surface area contributed by atoms with E-state index in [1.165, 1.54) is 12.5 Å². The third-order valence-corrected chi connectivity index (χ3v) is 3.85. The Morgan fingerprint density at radius 3 is 2.38 bits per heavy atom. The summed E-state index contributed by atoms with van der Waals surface area (Å²) >= 11 is 0. The second-order valence-corrected chi connectivity index (χ2v) is 5.40. The number of rotatable bonds is 5. The molecular weight excluding hydrogens is 281 g/mol. The number of hydrogen-bond donors (Lipinski definition) is 1. The van der Waals surface area contributed by atoms with Crippen LogP contribution in [0.25, 0.3) is 0 Å². The molecule has 4 nitrogen and oxygen atoms in total. The maximum Gasteiger partial charge on any atom is 0.435 e. The number of anilines is 1. The van der Waals surface area contributed by atoms with Gasteiger partial charge in [-0.25, -0.2) is 0 Å². The average Bonchev–Trinajstić information content (AvgIpc) is 2.48. The molecule has 1 aliphatic carbocycles. The molecule has 0 saturated heterocycles. The molecule has 0 aliphatic heterocycles. The van der Waals surface area contributed by atoms with E-state index in [0.717, 1.165) is 38.2 Å². The Balaban J connectivity index is 2.15. The first-order valence-corrected chi connectivity index (χ1v) is 7.40. The third-order valence-electron chi connectivity index (χ3n) is 3.85. The normalized spacial score (nSPS) is 17.0. The van der Waals surface area contributed by atoms with Crippen LogP contribution in [-0.2, 0) is 6.18 Å². The van der Waals surface area contributed by atoms with Gasteiger partial charge in [0.1, 0.15) is 0 Å². The summed E-state index contributed by atoms with van der Waals surface area (Å²) in [7, 11) is 0.